The minimum absolute atomic E-state index is 0.121. The lowest BCUT2D eigenvalue weighted by Crippen LogP contribution is -2.66. The lowest BCUT2D eigenvalue weighted by Gasteiger charge is -2.48. The normalized spacial score (nSPS) is 17.2. The van der Waals surface area contributed by atoms with Crippen molar-refractivity contribution in [3.63, 3.8) is 0 Å². The van der Waals surface area contributed by atoms with Gasteiger partial charge in [-0.15, -0.1) is 0 Å². The summed E-state index contributed by atoms with van der Waals surface area (Å²) in [6, 6.07) is 5.05. The summed E-state index contributed by atoms with van der Waals surface area (Å²) in [5, 5.41) is 18.7. The molecule has 1 amide bonds. The fraction of sp³-hybridized carbons (Fsp3) is 0.462. The van der Waals surface area contributed by atoms with Crippen molar-refractivity contribution in [3.8, 4) is 6.07 Å². The van der Waals surface area contributed by atoms with Gasteiger partial charge in [-0.3, -0.25) is 4.79 Å². The molecule has 0 saturated carbocycles. The van der Waals surface area contributed by atoms with Crippen LogP contribution < -0.4 is 0 Å². The lowest BCUT2D eigenvalue weighted by molar-refractivity contribution is -0.111. The molecule has 1 aliphatic heterocycles. The summed E-state index contributed by atoms with van der Waals surface area (Å²) >= 11 is 0. The molecular formula is C13H15N3O2. The molecule has 1 aromatic rings. The van der Waals surface area contributed by atoms with Gasteiger partial charge in [0.05, 0.1) is 18.7 Å². The molecule has 0 radical (unpaired) electrons. The van der Waals surface area contributed by atoms with Gasteiger partial charge in [0.25, 0.3) is 5.91 Å². The number of hydrogen-bond acceptors (Lipinski definition) is 4. The highest BCUT2D eigenvalue weighted by atomic mass is 16.3. The molecule has 0 bridgehead atoms. The first-order chi connectivity index (χ1) is 8.46. The van der Waals surface area contributed by atoms with Gasteiger partial charge in [-0.1, -0.05) is 13.8 Å². The maximum absolute atomic E-state index is 12.0. The molecule has 2 heterocycles. The van der Waals surface area contributed by atoms with Crippen molar-refractivity contribution in [1.29, 1.82) is 5.26 Å². The van der Waals surface area contributed by atoms with Gasteiger partial charge in [0.15, 0.2) is 0 Å². The highest BCUT2D eigenvalue weighted by molar-refractivity contribution is 5.93. The van der Waals surface area contributed by atoms with Crippen molar-refractivity contribution in [2.75, 3.05) is 13.1 Å². The van der Waals surface area contributed by atoms with Crippen LogP contribution in [-0.2, 0) is 0 Å². The van der Waals surface area contributed by atoms with E-state index in [9.17, 15) is 9.90 Å². The van der Waals surface area contributed by atoms with Gasteiger partial charge < -0.3 is 10.0 Å². The quantitative estimate of drug-likeness (QED) is 0.835. The Hall–Kier alpha value is -1.93. The molecule has 0 aromatic carbocycles. The summed E-state index contributed by atoms with van der Waals surface area (Å²) in [6.07, 6.45) is 1.38. The summed E-state index contributed by atoms with van der Waals surface area (Å²) < 4.78 is 0. The maximum Gasteiger partial charge on any atom is 0.272 e. The average Bonchev–Trinajstić information content (AvgIpc) is 2.34. The van der Waals surface area contributed by atoms with Gasteiger partial charge in [-0.05, 0) is 18.1 Å². The lowest BCUT2D eigenvalue weighted by atomic mass is 9.83. The number of β-amino-alcohol motifs (C(OH)–C–C–N with tert-alkyl or cyclic N) is 1. The second kappa shape index (κ2) is 4.39. The molecule has 0 spiro atoms. The third kappa shape index (κ3) is 2.07. The molecule has 5 nitrogen and oxygen atoms in total. The van der Waals surface area contributed by atoms with Gasteiger partial charge in [-0.25, -0.2) is 4.98 Å². The van der Waals surface area contributed by atoms with Gasteiger partial charge >= 0.3 is 0 Å². The van der Waals surface area contributed by atoms with E-state index < -0.39 is 5.60 Å². The zero-order chi connectivity index (χ0) is 13.3. The van der Waals surface area contributed by atoms with Crippen LogP contribution in [0.5, 0.6) is 0 Å². The maximum atomic E-state index is 12.0. The highest BCUT2D eigenvalue weighted by Gasteiger charge is 2.46. The van der Waals surface area contributed by atoms with Gasteiger partial charge in [0.2, 0.25) is 0 Å². The van der Waals surface area contributed by atoms with Crippen molar-refractivity contribution in [1.82, 2.24) is 9.88 Å². The largest absolute Gasteiger partial charge is 0.386 e. The first kappa shape index (κ1) is 12.5. The smallest absolute Gasteiger partial charge is 0.272 e. The van der Waals surface area contributed by atoms with Crippen molar-refractivity contribution in [2.45, 2.75) is 19.4 Å². The van der Waals surface area contributed by atoms with E-state index in [0.717, 1.165) is 0 Å². The number of aliphatic hydroxyl groups is 1. The van der Waals surface area contributed by atoms with Crippen molar-refractivity contribution >= 4 is 5.91 Å². The first-order valence-electron chi connectivity index (χ1n) is 5.84. The van der Waals surface area contributed by atoms with Crippen LogP contribution in [0.2, 0.25) is 0 Å². The fourth-order valence-electron chi connectivity index (χ4n) is 1.87. The molecular weight excluding hydrogens is 230 g/mol. The van der Waals surface area contributed by atoms with E-state index in [1.54, 1.807) is 11.0 Å². The van der Waals surface area contributed by atoms with E-state index in [1.807, 2.05) is 19.9 Å². The van der Waals surface area contributed by atoms with Crippen LogP contribution in [-0.4, -0.2) is 39.6 Å². The number of carbonyl (C=O) groups is 1. The third-order valence-electron chi connectivity index (χ3n) is 3.40. The average molecular weight is 245 g/mol. The van der Waals surface area contributed by atoms with Crippen molar-refractivity contribution < 1.29 is 9.90 Å². The van der Waals surface area contributed by atoms with E-state index in [1.165, 1.54) is 12.3 Å². The van der Waals surface area contributed by atoms with Crippen LogP contribution in [0.1, 0.15) is 29.9 Å². The zero-order valence-corrected chi connectivity index (χ0v) is 10.4. The Morgan fingerprint density at radius 3 is 2.67 bits per heavy atom. The molecule has 18 heavy (non-hydrogen) atoms. The molecule has 1 aliphatic rings. The van der Waals surface area contributed by atoms with Gasteiger partial charge in [0, 0.05) is 6.20 Å². The monoisotopic (exact) mass is 245 g/mol. The van der Waals surface area contributed by atoms with E-state index in [0.29, 0.717) is 24.3 Å². The van der Waals surface area contributed by atoms with Gasteiger partial charge in [-0.2, -0.15) is 5.26 Å². The van der Waals surface area contributed by atoms with E-state index >= 15 is 0 Å². The first-order valence-corrected chi connectivity index (χ1v) is 5.84. The Balaban J connectivity index is 2.04. The molecule has 2 rings (SSSR count). The number of hydrogen-bond donors (Lipinski definition) is 1. The summed E-state index contributed by atoms with van der Waals surface area (Å²) in [5.74, 6) is -0.0831. The minimum atomic E-state index is -0.776. The molecule has 1 aromatic heterocycles. The topological polar surface area (TPSA) is 77.2 Å². The fourth-order valence-corrected chi connectivity index (χ4v) is 1.87. The standard InChI is InChI=1S/C13H15N3O2/c1-9(2)13(18)7-16(8-13)12(17)11-4-3-10(5-14)6-15-11/h3-4,6,9,18H,7-8H2,1-2H3. The predicted octanol–water partition coefficient (Wildman–Crippen LogP) is 0.796. The molecule has 94 valence electrons. The number of pyridine rings is 1. The predicted molar refractivity (Wildman–Crippen MR) is 64.6 cm³/mol. The Morgan fingerprint density at radius 1 is 1.56 bits per heavy atom. The van der Waals surface area contributed by atoms with Crippen LogP contribution in [0.15, 0.2) is 18.3 Å². The molecule has 5 heteroatoms. The number of aromatic nitrogens is 1. The van der Waals surface area contributed by atoms with Crippen LogP contribution in [0.4, 0.5) is 0 Å². The summed E-state index contributed by atoms with van der Waals surface area (Å²) in [7, 11) is 0. The third-order valence-corrected chi connectivity index (χ3v) is 3.40. The second-order valence-corrected chi connectivity index (χ2v) is 4.96. The van der Waals surface area contributed by atoms with Crippen LogP contribution in [0.25, 0.3) is 0 Å². The molecule has 0 aliphatic carbocycles. The highest BCUT2D eigenvalue weighted by Crippen LogP contribution is 2.29. The Morgan fingerprint density at radius 2 is 2.22 bits per heavy atom. The van der Waals surface area contributed by atoms with Gasteiger partial charge in [0.1, 0.15) is 17.4 Å². The van der Waals surface area contributed by atoms with Crippen molar-refractivity contribution in [2.24, 2.45) is 5.92 Å². The summed E-state index contributed by atoms with van der Waals surface area (Å²) in [6.45, 7) is 4.54. The number of amides is 1. The van der Waals surface area contributed by atoms with E-state index in [4.69, 9.17) is 5.26 Å². The number of carbonyl (C=O) groups excluding carboxylic acids is 1. The Kier molecular flexibility index (Phi) is 3.05. The van der Waals surface area contributed by atoms with Crippen LogP contribution in [0, 0.1) is 17.2 Å². The molecule has 1 N–H and O–H groups in total. The summed E-state index contributed by atoms with van der Waals surface area (Å²) in [4.78, 5) is 17.5. The second-order valence-electron chi connectivity index (χ2n) is 4.96. The number of likely N-dealkylation sites (tertiary alicyclic amines) is 1. The summed E-state index contributed by atoms with van der Waals surface area (Å²) in [5.41, 5.74) is -0.0453. The van der Waals surface area contributed by atoms with Crippen molar-refractivity contribution in [3.05, 3.63) is 29.6 Å². The van der Waals surface area contributed by atoms with E-state index in [-0.39, 0.29) is 11.8 Å². The Bertz CT molecular complexity index is 496. The van der Waals surface area contributed by atoms with Crippen LogP contribution >= 0.6 is 0 Å². The molecule has 1 saturated heterocycles. The minimum Gasteiger partial charge on any atom is -0.386 e. The van der Waals surface area contributed by atoms with E-state index in [2.05, 4.69) is 4.98 Å². The molecule has 1 fully saturated rings. The number of nitrogens with zero attached hydrogens (tertiary/aromatic N) is 3. The molecule has 0 unspecified atom stereocenters. The molecule has 0 atom stereocenters. The SMILES string of the molecule is CC(C)C1(O)CN(C(=O)c2ccc(C#N)cn2)C1. The Labute approximate surface area is 106 Å². The zero-order valence-electron chi connectivity index (χ0n) is 10.4. The number of nitriles is 1. The number of rotatable bonds is 2. The van der Waals surface area contributed by atoms with Crippen LogP contribution in [0.3, 0.4) is 0 Å².